The van der Waals surface area contributed by atoms with E-state index in [-0.39, 0.29) is 41.2 Å². The molecular formula is C29H24N3NaO2. The fourth-order valence-electron chi connectivity index (χ4n) is 4.25. The molecule has 5 nitrogen and oxygen atoms in total. The summed E-state index contributed by atoms with van der Waals surface area (Å²) in [7, 11) is 0. The maximum atomic E-state index is 11.5. The molecule has 4 aromatic carbocycles. The summed E-state index contributed by atoms with van der Waals surface area (Å²) >= 11 is 0. The van der Waals surface area contributed by atoms with Crippen molar-refractivity contribution >= 4 is 23.0 Å². The van der Waals surface area contributed by atoms with Gasteiger partial charge in [0.25, 0.3) is 0 Å². The molecule has 0 amide bonds. The van der Waals surface area contributed by atoms with Gasteiger partial charge in [0.2, 0.25) is 5.95 Å². The average molecular weight is 470 g/mol. The van der Waals surface area contributed by atoms with E-state index in [1.807, 2.05) is 54.6 Å². The third-order valence-corrected chi connectivity index (χ3v) is 5.99. The van der Waals surface area contributed by atoms with E-state index in [0.29, 0.717) is 12.5 Å². The van der Waals surface area contributed by atoms with E-state index in [9.17, 15) is 9.90 Å². The molecule has 0 atom stereocenters. The number of aryl methyl sites for hydroxylation is 2. The minimum Gasteiger partial charge on any atom is -0.545 e. The van der Waals surface area contributed by atoms with Gasteiger partial charge in [-0.2, -0.15) is 0 Å². The molecule has 6 heteroatoms. The van der Waals surface area contributed by atoms with E-state index in [4.69, 9.17) is 4.98 Å². The summed E-state index contributed by atoms with van der Waals surface area (Å²) in [5.41, 5.74) is 5.08. The van der Waals surface area contributed by atoms with Crippen molar-refractivity contribution in [2.24, 2.45) is 0 Å². The van der Waals surface area contributed by atoms with Gasteiger partial charge in [-0.3, -0.25) is 0 Å². The molecule has 0 aliphatic carbocycles. The van der Waals surface area contributed by atoms with Crippen molar-refractivity contribution in [3.05, 3.63) is 131 Å². The predicted octanol–water partition coefficient (Wildman–Crippen LogP) is 1.85. The molecule has 0 saturated carbocycles. The number of carboxylic acid groups (broad SMARTS) is 1. The first-order chi connectivity index (χ1) is 16.7. The van der Waals surface area contributed by atoms with E-state index in [1.165, 1.54) is 5.56 Å². The van der Waals surface area contributed by atoms with Crippen LogP contribution < -0.4 is 40.0 Å². The Labute approximate surface area is 226 Å². The Balaban J connectivity index is 0.00000289. The van der Waals surface area contributed by atoms with Crippen LogP contribution in [0.2, 0.25) is 0 Å². The number of imidazole rings is 1. The number of rotatable bonds is 8. The number of aromatic nitrogens is 2. The largest absolute Gasteiger partial charge is 1.00 e. The summed E-state index contributed by atoms with van der Waals surface area (Å²) < 4.78 is 2.06. The van der Waals surface area contributed by atoms with E-state index in [2.05, 4.69) is 46.3 Å². The Kier molecular flexibility index (Phi) is 8.03. The fourth-order valence-corrected chi connectivity index (χ4v) is 4.25. The molecule has 0 saturated heterocycles. The second kappa shape index (κ2) is 11.4. The molecule has 35 heavy (non-hydrogen) atoms. The summed E-state index contributed by atoms with van der Waals surface area (Å²) in [5, 5.41) is 15.2. The van der Waals surface area contributed by atoms with Gasteiger partial charge in [-0.25, -0.2) is 4.98 Å². The monoisotopic (exact) mass is 469 g/mol. The first-order valence-corrected chi connectivity index (χ1v) is 11.3. The molecule has 0 aliphatic rings. The molecule has 0 unspecified atom stereocenters. The Morgan fingerprint density at radius 2 is 1.40 bits per heavy atom. The zero-order valence-corrected chi connectivity index (χ0v) is 21.6. The Hall–Kier alpha value is -3.38. The van der Waals surface area contributed by atoms with E-state index in [0.717, 1.165) is 28.6 Å². The normalized spacial score (nSPS) is 10.8. The van der Waals surface area contributed by atoms with Gasteiger partial charge < -0.3 is 19.8 Å². The Morgan fingerprint density at radius 3 is 1.97 bits per heavy atom. The maximum absolute atomic E-state index is 11.5. The van der Waals surface area contributed by atoms with Gasteiger partial charge in [0.1, 0.15) is 0 Å². The van der Waals surface area contributed by atoms with Gasteiger partial charge in [-0.05, 0) is 40.8 Å². The van der Waals surface area contributed by atoms with Gasteiger partial charge in [0.05, 0.1) is 23.0 Å². The molecule has 1 N–H and O–H groups in total. The molecule has 0 aliphatic heterocycles. The van der Waals surface area contributed by atoms with E-state index in [1.54, 1.807) is 18.2 Å². The molecule has 0 radical (unpaired) electrons. The fraction of sp³-hybridized carbons (Fsp3) is 0.103. The summed E-state index contributed by atoms with van der Waals surface area (Å²) in [6.07, 6.45) is 0.790. The molecule has 5 aromatic rings. The van der Waals surface area contributed by atoms with Crippen LogP contribution >= 0.6 is 0 Å². The second-order valence-corrected chi connectivity index (χ2v) is 8.21. The van der Waals surface area contributed by atoms with Crippen molar-refractivity contribution in [3.63, 3.8) is 0 Å². The Bertz CT molecular complexity index is 1360. The van der Waals surface area contributed by atoms with Gasteiger partial charge in [0.15, 0.2) is 0 Å². The number of carboxylic acids is 1. The number of carbonyl (C=O) groups is 1. The Morgan fingerprint density at radius 1 is 0.829 bits per heavy atom. The molecule has 0 fully saturated rings. The van der Waals surface area contributed by atoms with Crippen molar-refractivity contribution < 1.29 is 39.5 Å². The molecule has 1 aromatic heterocycles. The number of hydrogen-bond acceptors (Lipinski definition) is 4. The standard InChI is InChI=1S/C29H25N3O2.Na/c33-28(34)24-16-17-25-26(20-24)32(19-18-21-10-4-1-5-11-21)29(30-25)31-27(22-12-6-2-7-13-22)23-14-8-3-9-15-23;/h1-17,20,27H,18-19H2,(H,30,31)(H,33,34);/q;+1/p-1. The van der Waals surface area contributed by atoms with Crippen molar-refractivity contribution in [1.82, 2.24) is 9.55 Å². The predicted molar refractivity (Wildman–Crippen MR) is 133 cm³/mol. The van der Waals surface area contributed by atoms with Crippen LogP contribution in [0.25, 0.3) is 11.0 Å². The van der Waals surface area contributed by atoms with Crippen LogP contribution in [0.3, 0.4) is 0 Å². The maximum Gasteiger partial charge on any atom is 1.00 e. The summed E-state index contributed by atoms with van der Waals surface area (Å²) in [6, 6.07) is 35.5. The van der Waals surface area contributed by atoms with Crippen LogP contribution in [0, 0.1) is 0 Å². The number of nitrogens with one attached hydrogen (secondary N) is 1. The smallest absolute Gasteiger partial charge is 0.545 e. The zero-order chi connectivity index (χ0) is 23.3. The number of fused-ring (bicyclic) bond motifs is 1. The van der Waals surface area contributed by atoms with E-state index < -0.39 is 5.97 Å². The first-order valence-electron chi connectivity index (χ1n) is 11.3. The number of nitrogens with zero attached hydrogens (tertiary/aromatic N) is 2. The number of aromatic carboxylic acids is 1. The van der Waals surface area contributed by atoms with Crippen molar-refractivity contribution in [2.45, 2.75) is 19.0 Å². The van der Waals surface area contributed by atoms with Crippen molar-refractivity contribution in [2.75, 3.05) is 5.32 Å². The van der Waals surface area contributed by atoms with Gasteiger partial charge in [0, 0.05) is 6.54 Å². The number of benzene rings is 4. The van der Waals surface area contributed by atoms with E-state index >= 15 is 0 Å². The SMILES string of the molecule is O=C([O-])c1ccc2nc(NC(c3ccccc3)c3ccccc3)n(CCc3ccccc3)c2c1.[Na+]. The van der Waals surface area contributed by atoms with Crippen LogP contribution in [0.15, 0.2) is 109 Å². The quantitative estimate of drug-likeness (QED) is 0.352. The van der Waals surface area contributed by atoms with Gasteiger partial charge in [-0.15, -0.1) is 0 Å². The molecular weight excluding hydrogens is 445 g/mol. The molecule has 5 rings (SSSR count). The average Bonchev–Trinajstić information content (AvgIpc) is 3.24. The molecule has 0 bridgehead atoms. The minimum atomic E-state index is -1.20. The van der Waals surface area contributed by atoms with Crippen LogP contribution in [0.4, 0.5) is 5.95 Å². The third-order valence-electron chi connectivity index (χ3n) is 5.99. The summed E-state index contributed by atoms with van der Waals surface area (Å²) in [5.74, 6) is -0.502. The summed E-state index contributed by atoms with van der Waals surface area (Å²) in [4.78, 5) is 16.4. The van der Waals surface area contributed by atoms with Gasteiger partial charge >= 0.3 is 29.6 Å². The number of anilines is 1. The zero-order valence-electron chi connectivity index (χ0n) is 19.6. The summed E-state index contributed by atoms with van der Waals surface area (Å²) in [6.45, 7) is 0.648. The topological polar surface area (TPSA) is 70.0 Å². The third kappa shape index (κ3) is 5.65. The number of carbonyl (C=O) groups excluding carboxylic acids is 1. The minimum absolute atomic E-state index is 0. The molecule has 0 spiro atoms. The number of hydrogen-bond donors (Lipinski definition) is 1. The van der Waals surface area contributed by atoms with Crippen LogP contribution in [0.5, 0.6) is 0 Å². The van der Waals surface area contributed by atoms with Crippen LogP contribution in [-0.2, 0) is 13.0 Å². The van der Waals surface area contributed by atoms with Crippen molar-refractivity contribution in [3.8, 4) is 0 Å². The molecule has 168 valence electrons. The first kappa shape index (κ1) is 24.7. The molecule has 1 heterocycles. The van der Waals surface area contributed by atoms with Crippen LogP contribution in [0.1, 0.15) is 33.1 Å². The van der Waals surface area contributed by atoms with Gasteiger partial charge in [-0.1, -0.05) is 97.1 Å². The second-order valence-electron chi connectivity index (χ2n) is 8.21. The van der Waals surface area contributed by atoms with Crippen LogP contribution in [-0.4, -0.2) is 15.5 Å². The van der Waals surface area contributed by atoms with Crippen molar-refractivity contribution in [1.29, 1.82) is 0 Å².